The van der Waals surface area contributed by atoms with Gasteiger partial charge < -0.3 is 10.6 Å². The van der Waals surface area contributed by atoms with Crippen LogP contribution in [0.3, 0.4) is 0 Å². The number of carbonyl (C=O) groups excluding carboxylic acids is 2. The van der Waals surface area contributed by atoms with Gasteiger partial charge in [-0.3, -0.25) is 15.0 Å². The van der Waals surface area contributed by atoms with Gasteiger partial charge in [-0.15, -0.1) is 11.3 Å². The van der Waals surface area contributed by atoms with E-state index in [-0.39, 0.29) is 23.5 Å². The Balaban J connectivity index is 1.22. The molecule has 166 valence electrons. The molecular formula is C23H24FN5O2S. The zero-order valence-electron chi connectivity index (χ0n) is 17.4. The fourth-order valence-corrected chi connectivity index (χ4v) is 4.25. The van der Waals surface area contributed by atoms with Crippen molar-refractivity contribution in [2.75, 3.05) is 23.7 Å². The summed E-state index contributed by atoms with van der Waals surface area (Å²) < 4.78 is 12.9. The lowest BCUT2D eigenvalue weighted by Crippen LogP contribution is -2.44. The molecule has 3 N–H and O–H groups in total. The van der Waals surface area contributed by atoms with Gasteiger partial charge in [0.2, 0.25) is 0 Å². The lowest BCUT2D eigenvalue weighted by Gasteiger charge is -2.32. The van der Waals surface area contributed by atoms with Gasteiger partial charge in [0.05, 0.1) is 0 Å². The Kier molecular flexibility index (Phi) is 7.08. The van der Waals surface area contributed by atoms with E-state index < -0.39 is 6.03 Å². The third-order valence-electron chi connectivity index (χ3n) is 5.23. The van der Waals surface area contributed by atoms with Gasteiger partial charge in [-0.1, -0.05) is 30.3 Å². The summed E-state index contributed by atoms with van der Waals surface area (Å²) >= 11 is 1.17. The van der Waals surface area contributed by atoms with Gasteiger partial charge in [0, 0.05) is 36.7 Å². The third-order valence-corrected chi connectivity index (χ3v) is 5.99. The van der Waals surface area contributed by atoms with Crippen molar-refractivity contribution in [3.63, 3.8) is 0 Å². The molecule has 7 nitrogen and oxygen atoms in total. The third kappa shape index (κ3) is 6.12. The van der Waals surface area contributed by atoms with E-state index in [0.29, 0.717) is 10.8 Å². The smallest absolute Gasteiger partial charge is 0.325 e. The Hall–Kier alpha value is -3.30. The zero-order valence-corrected chi connectivity index (χ0v) is 18.2. The Morgan fingerprint density at radius 2 is 1.75 bits per heavy atom. The molecule has 2 aromatic carbocycles. The van der Waals surface area contributed by atoms with Crippen LogP contribution in [0, 0.1) is 5.82 Å². The number of rotatable bonds is 6. The number of aromatic nitrogens is 1. The molecule has 0 aliphatic carbocycles. The van der Waals surface area contributed by atoms with Crippen LogP contribution in [0.15, 0.2) is 60.0 Å². The van der Waals surface area contributed by atoms with Crippen molar-refractivity contribution in [3.05, 3.63) is 77.1 Å². The monoisotopic (exact) mass is 453 g/mol. The lowest BCUT2D eigenvalue weighted by atomic mass is 10.0. The summed E-state index contributed by atoms with van der Waals surface area (Å²) in [5, 5.41) is 10.2. The van der Waals surface area contributed by atoms with Crippen LogP contribution in [-0.2, 0) is 6.54 Å². The summed E-state index contributed by atoms with van der Waals surface area (Å²) in [7, 11) is 0. The molecule has 3 aromatic rings. The molecule has 0 saturated carbocycles. The fourth-order valence-electron chi connectivity index (χ4n) is 3.56. The molecule has 32 heavy (non-hydrogen) atoms. The number of carbonyl (C=O) groups is 2. The van der Waals surface area contributed by atoms with Crippen molar-refractivity contribution < 1.29 is 14.0 Å². The van der Waals surface area contributed by atoms with Crippen LogP contribution in [0.2, 0.25) is 0 Å². The molecule has 1 aromatic heterocycles. The minimum atomic E-state index is -0.510. The minimum Gasteiger partial charge on any atom is -0.348 e. The predicted molar refractivity (Wildman–Crippen MR) is 123 cm³/mol. The topological polar surface area (TPSA) is 86.4 Å². The second kappa shape index (κ2) is 10.3. The molecule has 3 amide bonds. The van der Waals surface area contributed by atoms with Crippen LogP contribution >= 0.6 is 11.3 Å². The average Bonchev–Trinajstić information content (AvgIpc) is 3.26. The Morgan fingerprint density at radius 1 is 1.03 bits per heavy atom. The van der Waals surface area contributed by atoms with Gasteiger partial charge in [0.25, 0.3) is 5.91 Å². The van der Waals surface area contributed by atoms with Gasteiger partial charge in [0.1, 0.15) is 11.5 Å². The van der Waals surface area contributed by atoms with E-state index in [1.165, 1.54) is 41.2 Å². The maximum atomic E-state index is 12.9. The lowest BCUT2D eigenvalue weighted by molar-refractivity contribution is 0.0904. The highest BCUT2D eigenvalue weighted by atomic mass is 32.1. The highest BCUT2D eigenvalue weighted by Crippen LogP contribution is 2.18. The molecule has 2 heterocycles. The van der Waals surface area contributed by atoms with E-state index in [1.807, 2.05) is 18.2 Å². The molecular weight excluding hydrogens is 429 g/mol. The first-order chi connectivity index (χ1) is 15.5. The van der Waals surface area contributed by atoms with Crippen LogP contribution in [0.25, 0.3) is 0 Å². The maximum absolute atomic E-state index is 12.9. The molecule has 4 rings (SSSR count). The van der Waals surface area contributed by atoms with E-state index in [9.17, 15) is 14.0 Å². The summed E-state index contributed by atoms with van der Waals surface area (Å²) in [6.07, 6.45) is 1.77. The molecule has 1 aliphatic heterocycles. The second-order valence-electron chi connectivity index (χ2n) is 7.63. The van der Waals surface area contributed by atoms with Crippen molar-refractivity contribution in [3.8, 4) is 0 Å². The van der Waals surface area contributed by atoms with Crippen molar-refractivity contribution in [1.82, 2.24) is 15.2 Å². The first-order valence-corrected chi connectivity index (χ1v) is 11.3. The van der Waals surface area contributed by atoms with E-state index in [2.05, 4.69) is 38.0 Å². The number of anilines is 2. The van der Waals surface area contributed by atoms with Crippen LogP contribution in [0.5, 0.6) is 0 Å². The molecule has 0 spiro atoms. The predicted octanol–water partition coefficient (Wildman–Crippen LogP) is 4.32. The number of benzene rings is 2. The summed E-state index contributed by atoms with van der Waals surface area (Å²) in [6, 6.07) is 15.4. The van der Waals surface area contributed by atoms with Crippen molar-refractivity contribution in [1.29, 1.82) is 0 Å². The Bertz CT molecular complexity index is 1050. The number of likely N-dealkylation sites (tertiary alicyclic amines) is 1. The number of thiazole rings is 1. The highest BCUT2D eigenvalue weighted by molar-refractivity contribution is 7.14. The number of urea groups is 1. The summed E-state index contributed by atoms with van der Waals surface area (Å²) in [6.45, 7) is 2.77. The van der Waals surface area contributed by atoms with Gasteiger partial charge in [-0.05, 0) is 42.7 Å². The zero-order chi connectivity index (χ0) is 22.3. The van der Waals surface area contributed by atoms with E-state index in [4.69, 9.17) is 0 Å². The standard InChI is InChI=1S/C23H24FN5O2S/c24-17-6-8-18(9-7-17)26-22(31)28-23-27-20(15-32-23)21(30)25-19-10-12-29(13-11-19)14-16-4-2-1-3-5-16/h1-9,15,19H,10-14H2,(H,25,30)(H2,26,27,28,31). The molecule has 0 atom stereocenters. The van der Waals surface area contributed by atoms with Gasteiger partial charge in [0.15, 0.2) is 5.13 Å². The molecule has 0 bridgehead atoms. The second-order valence-corrected chi connectivity index (χ2v) is 8.49. The fraction of sp³-hybridized carbons (Fsp3) is 0.261. The maximum Gasteiger partial charge on any atom is 0.325 e. The number of hydrogen-bond acceptors (Lipinski definition) is 5. The molecule has 0 unspecified atom stereocenters. The Labute approximate surface area is 189 Å². The summed E-state index contributed by atoms with van der Waals surface area (Å²) in [5.41, 5.74) is 2.02. The summed E-state index contributed by atoms with van der Waals surface area (Å²) in [5.74, 6) is -0.622. The van der Waals surface area contributed by atoms with Gasteiger partial charge in [-0.25, -0.2) is 14.2 Å². The quantitative estimate of drug-likeness (QED) is 0.519. The largest absolute Gasteiger partial charge is 0.348 e. The van der Waals surface area contributed by atoms with Crippen LogP contribution < -0.4 is 16.0 Å². The Morgan fingerprint density at radius 3 is 2.47 bits per heavy atom. The molecule has 1 aliphatic rings. The number of amides is 3. The average molecular weight is 454 g/mol. The first kappa shape index (κ1) is 21.9. The van der Waals surface area contributed by atoms with E-state index in [0.717, 1.165) is 32.5 Å². The first-order valence-electron chi connectivity index (χ1n) is 10.4. The minimum absolute atomic E-state index is 0.106. The number of piperidine rings is 1. The van der Waals surface area contributed by atoms with Crippen LogP contribution in [-0.4, -0.2) is 41.0 Å². The molecule has 9 heteroatoms. The number of nitrogens with zero attached hydrogens (tertiary/aromatic N) is 2. The van der Waals surface area contributed by atoms with Crippen molar-refractivity contribution in [2.24, 2.45) is 0 Å². The van der Waals surface area contributed by atoms with Crippen LogP contribution in [0.1, 0.15) is 28.9 Å². The number of nitrogens with one attached hydrogen (secondary N) is 3. The van der Waals surface area contributed by atoms with Gasteiger partial charge >= 0.3 is 6.03 Å². The SMILES string of the molecule is O=C(Nc1ccc(F)cc1)Nc1nc(C(=O)NC2CCN(Cc3ccccc3)CC2)cs1. The van der Waals surface area contributed by atoms with Crippen LogP contribution in [0.4, 0.5) is 20.0 Å². The summed E-state index contributed by atoms with van der Waals surface area (Å²) in [4.78, 5) is 31.2. The van der Waals surface area contributed by atoms with Crippen molar-refractivity contribution in [2.45, 2.75) is 25.4 Å². The highest BCUT2D eigenvalue weighted by Gasteiger charge is 2.22. The number of hydrogen-bond donors (Lipinski definition) is 3. The van der Waals surface area contributed by atoms with Gasteiger partial charge in [-0.2, -0.15) is 0 Å². The normalized spacial score (nSPS) is 14.7. The van der Waals surface area contributed by atoms with Crippen molar-refractivity contribution >= 4 is 34.1 Å². The number of halogens is 1. The molecule has 0 radical (unpaired) electrons. The molecule has 1 saturated heterocycles. The van der Waals surface area contributed by atoms with E-state index in [1.54, 1.807) is 5.38 Å². The van der Waals surface area contributed by atoms with E-state index >= 15 is 0 Å². The molecule has 1 fully saturated rings.